The van der Waals surface area contributed by atoms with Crippen LogP contribution in [-0.4, -0.2) is 24.4 Å². The Kier molecular flexibility index (Phi) is 4.32. The van der Waals surface area contributed by atoms with E-state index in [1.807, 2.05) is 0 Å². The Hall–Kier alpha value is -1.07. The summed E-state index contributed by atoms with van der Waals surface area (Å²) in [6.07, 6.45) is 0. The molecule has 1 N–H and O–H groups in total. The molecule has 88 valence electrons. The van der Waals surface area contributed by atoms with Crippen LogP contribution in [0.4, 0.5) is 5.69 Å². The Morgan fingerprint density at radius 1 is 1.56 bits per heavy atom. The summed E-state index contributed by atoms with van der Waals surface area (Å²) >= 11 is 6.87. The summed E-state index contributed by atoms with van der Waals surface area (Å²) in [6.45, 7) is 3.37. The van der Waals surface area contributed by atoms with Crippen LogP contribution in [0.5, 0.6) is 0 Å². The second kappa shape index (κ2) is 5.32. The smallest absolute Gasteiger partial charge is 0.350 e. The van der Waals surface area contributed by atoms with E-state index in [9.17, 15) is 9.59 Å². The van der Waals surface area contributed by atoms with Gasteiger partial charge in [-0.2, -0.15) is 0 Å². The lowest BCUT2D eigenvalue weighted by Crippen LogP contribution is -2.21. The maximum Gasteiger partial charge on any atom is 0.350 e. The summed E-state index contributed by atoms with van der Waals surface area (Å²) in [4.78, 5) is 23.2. The molecule has 16 heavy (non-hydrogen) atoms. The van der Waals surface area contributed by atoms with Crippen molar-refractivity contribution in [2.75, 3.05) is 12.4 Å². The first kappa shape index (κ1) is 13.0. The number of nitrogens with one attached hydrogen (secondary N) is 1. The Balaban J connectivity index is 2.98. The summed E-state index contributed by atoms with van der Waals surface area (Å²) in [7, 11) is 1.30. The maximum absolute atomic E-state index is 11.4. The second-order valence-electron chi connectivity index (χ2n) is 3.22. The molecule has 0 radical (unpaired) electrons. The standard InChI is InChI=1S/C10H12ClNO3S/c1-5-4-16-8(10(14)15-3)7(5)12-9(13)6(2)11/h4,6H,1-3H3,(H,12,13). The minimum atomic E-state index is -0.648. The summed E-state index contributed by atoms with van der Waals surface area (Å²) in [5, 5.41) is 3.74. The molecule has 0 spiro atoms. The number of anilines is 1. The number of alkyl halides is 1. The quantitative estimate of drug-likeness (QED) is 0.672. The molecule has 1 rings (SSSR count). The molecule has 0 aliphatic carbocycles. The number of esters is 1. The van der Waals surface area contributed by atoms with E-state index in [-0.39, 0.29) is 5.91 Å². The van der Waals surface area contributed by atoms with Crippen molar-refractivity contribution in [1.29, 1.82) is 0 Å². The topological polar surface area (TPSA) is 55.4 Å². The number of aryl methyl sites for hydroxylation is 1. The third kappa shape index (κ3) is 2.74. The number of carbonyl (C=O) groups excluding carboxylic acids is 2. The van der Waals surface area contributed by atoms with E-state index >= 15 is 0 Å². The molecule has 6 heteroatoms. The zero-order valence-electron chi connectivity index (χ0n) is 9.17. The number of methoxy groups -OCH3 is 1. The highest BCUT2D eigenvalue weighted by atomic mass is 35.5. The number of ether oxygens (including phenoxy) is 1. The van der Waals surface area contributed by atoms with Crippen LogP contribution < -0.4 is 5.32 Å². The third-order valence-corrected chi connectivity index (χ3v) is 3.23. The molecule has 1 heterocycles. The van der Waals surface area contributed by atoms with Gasteiger partial charge in [0.2, 0.25) is 5.91 Å². The van der Waals surface area contributed by atoms with Crippen LogP contribution in [0.2, 0.25) is 0 Å². The molecule has 0 aliphatic rings. The number of hydrogen-bond donors (Lipinski definition) is 1. The molecule has 0 aromatic carbocycles. The van der Waals surface area contributed by atoms with Gasteiger partial charge in [-0.3, -0.25) is 4.79 Å². The van der Waals surface area contributed by atoms with Gasteiger partial charge in [-0.15, -0.1) is 22.9 Å². The van der Waals surface area contributed by atoms with E-state index in [4.69, 9.17) is 11.6 Å². The van der Waals surface area contributed by atoms with Crippen LogP contribution in [-0.2, 0) is 9.53 Å². The van der Waals surface area contributed by atoms with E-state index in [1.165, 1.54) is 18.4 Å². The second-order valence-corrected chi connectivity index (χ2v) is 4.75. The molecule has 1 atom stereocenters. The number of carbonyl (C=O) groups is 2. The van der Waals surface area contributed by atoms with Crippen LogP contribution in [0.3, 0.4) is 0 Å². The Bertz CT molecular complexity index is 414. The molecule has 0 aliphatic heterocycles. The average molecular weight is 262 g/mol. The van der Waals surface area contributed by atoms with E-state index < -0.39 is 11.3 Å². The molecular formula is C10H12ClNO3S. The monoisotopic (exact) mass is 261 g/mol. The SMILES string of the molecule is COC(=O)c1scc(C)c1NC(=O)C(C)Cl. The van der Waals surface area contributed by atoms with E-state index in [0.717, 1.165) is 5.56 Å². The van der Waals surface area contributed by atoms with Gasteiger partial charge >= 0.3 is 5.97 Å². The molecule has 1 aromatic heterocycles. The lowest BCUT2D eigenvalue weighted by Gasteiger charge is -2.08. The fraction of sp³-hybridized carbons (Fsp3) is 0.400. The predicted octanol–water partition coefficient (Wildman–Crippen LogP) is 2.41. The average Bonchev–Trinajstić information content (AvgIpc) is 2.59. The fourth-order valence-electron chi connectivity index (χ4n) is 1.07. The van der Waals surface area contributed by atoms with Crippen LogP contribution in [0.1, 0.15) is 22.2 Å². The van der Waals surface area contributed by atoms with Crippen molar-refractivity contribution in [3.8, 4) is 0 Å². The van der Waals surface area contributed by atoms with Gasteiger partial charge in [0.25, 0.3) is 0 Å². The van der Waals surface area contributed by atoms with Gasteiger partial charge in [0.1, 0.15) is 10.3 Å². The summed E-state index contributed by atoms with van der Waals surface area (Å²) < 4.78 is 4.62. The number of thiophene rings is 1. The minimum Gasteiger partial charge on any atom is -0.465 e. The van der Waals surface area contributed by atoms with Gasteiger partial charge in [-0.25, -0.2) is 4.79 Å². The van der Waals surface area contributed by atoms with E-state index in [0.29, 0.717) is 10.6 Å². The van der Waals surface area contributed by atoms with Crippen molar-refractivity contribution in [2.45, 2.75) is 19.2 Å². The van der Waals surface area contributed by atoms with Crippen molar-refractivity contribution >= 4 is 40.5 Å². The number of halogens is 1. The first-order valence-electron chi connectivity index (χ1n) is 4.58. The molecule has 0 saturated heterocycles. The van der Waals surface area contributed by atoms with Crippen molar-refractivity contribution < 1.29 is 14.3 Å². The summed E-state index contributed by atoms with van der Waals surface area (Å²) in [5.41, 5.74) is 1.30. The Labute approximate surface area is 103 Å². The highest BCUT2D eigenvalue weighted by Gasteiger charge is 2.19. The lowest BCUT2D eigenvalue weighted by molar-refractivity contribution is -0.115. The van der Waals surface area contributed by atoms with Gasteiger partial charge < -0.3 is 10.1 Å². The van der Waals surface area contributed by atoms with Gasteiger partial charge in [0, 0.05) is 0 Å². The molecule has 1 amide bonds. The fourth-order valence-corrected chi connectivity index (χ4v) is 2.04. The Morgan fingerprint density at radius 3 is 2.69 bits per heavy atom. The van der Waals surface area contributed by atoms with Gasteiger partial charge in [0.05, 0.1) is 12.8 Å². The molecule has 1 unspecified atom stereocenters. The van der Waals surface area contributed by atoms with E-state index in [1.54, 1.807) is 19.2 Å². The largest absolute Gasteiger partial charge is 0.465 e. The van der Waals surface area contributed by atoms with Gasteiger partial charge in [-0.1, -0.05) is 0 Å². The first-order valence-corrected chi connectivity index (χ1v) is 5.90. The Morgan fingerprint density at radius 2 is 2.19 bits per heavy atom. The number of rotatable bonds is 3. The normalized spacial score (nSPS) is 12.0. The van der Waals surface area contributed by atoms with Crippen LogP contribution >= 0.6 is 22.9 Å². The maximum atomic E-state index is 11.4. The summed E-state index contributed by atoms with van der Waals surface area (Å²) in [5.74, 6) is -0.802. The highest BCUT2D eigenvalue weighted by Crippen LogP contribution is 2.28. The molecule has 0 fully saturated rings. The summed E-state index contributed by atoms with van der Waals surface area (Å²) in [6, 6.07) is 0. The highest BCUT2D eigenvalue weighted by molar-refractivity contribution is 7.12. The molecule has 0 bridgehead atoms. The number of amides is 1. The molecule has 0 saturated carbocycles. The third-order valence-electron chi connectivity index (χ3n) is 1.96. The number of hydrogen-bond acceptors (Lipinski definition) is 4. The van der Waals surface area contributed by atoms with Crippen LogP contribution in [0.15, 0.2) is 5.38 Å². The van der Waals surface area contributed by atoms with Gasteiger partial charge in [0.15, 0.2) is 0 Å². The molecule has 1 aromatic rings. The van der Waals surface area contributed by atoms with Crippen molar-refractivity contribution in [1.82, 2.24) is 0 Å². The van der Waals surface area contributed by atoms with Crippen molar-refractivity contribution in [3.05, 3.63) is 15.8 Å². The molecular weight excluding hydrogens is 250 g/mol. The first-order chi connectivity index (χ1) is 7.47. The minimum absolute atomic E-state index is 0.340. The zero-order chi connectivity index (χ0) is 12.3. The van der Waals surface area contributed by atoms with Crippen LogP contribution in [0.25, 0.3) is 0 Å². The lowest BCUT2D eigenvalue weighted by atomic mass is 10.2. The van der Waals surface area contributed by atoms with Crippen LogP contribution in [0, 0.1) is 6.92 Å². The predicted molar refractivity (Wildman–Crippen MR) is 64.3 cm³/mol. The zero-order valence-corrected chi connectivity index (χ0v) is 10.7. The van der Waals surface area contributed by atoms with Crippen molar-refractivity contribution in [3.63, 3.8) is 0 Å². The van der Waals surface area contributed by atoms with Gasteiger partial charge in [-0.05, 0) is 24.8 Å². The van der Waals surface area contributed by atoms with E-state index in [2.05, 4.69) is 10.1 Å². The van der Waals surface area contributed by atoms with Crippen molar-refractivity contribution in [2.24, 2.45) is 0 Å². The molecule has 4 nitrogen and oxygen atoms in total.